The van der Waals surface area contributed by atoms with Crippen LogP contribution < -0.4 is 5.73 Å². The highest BCUT2D eigenvalue weighted by Crippen LogP contribution is 2.13. The molecule has 1 rings (SSSR count). The lowest BCUT2D eigenvalue weighted by atomic mass is 10.1. The highest BCUT2D eigenvalue weighted by molar-refractivity contribution is 5.85. The van der Waals surface area contributed by atoms with E-state index >= 15 is 0 Å². The number of halogens is 4. The molecule has 0 saturated carbocycles. The fourth-order valence-corrected chi connectivity index (χ4v) is 0.919. The first-order chi connectivity index (χ1) is 5.65. The van der Waals surface area contributed by atoms with Gasteiger partial charge in [-0.3, -0.25) is 0 Å². The van der Waals surface area contributed by atoms with E-state index in [9.17, 15) is 13.2 Å². The first-order valence-electron chi connectivity index (χ1n) is 3.48. The van der Waals surface area contributed by atoms with Crippen LogP contribution in [0.15, 0.2) is 12.1 Å². The number of hydrogen-bond acceptors (Lipinski definition) is 1. The minimum atomic E-state index is -1.43. The number of hydrogen-bond donors (Lipinski definition) is 1. The maximum absolute atomic E-state index is 12.5. The lowest BCUT2D eigenvalue weighted by Gasteiger charge is -2.00. The van der Waals surface area contributed by atoms with E-state index in [2.05, 4.69) is 0 Å². The van der Waals surface area contributed by atoms with Crippen molar-refractivity contribution in [1.29, 1.82) is 0 Å². The van der Waals surface area contributed by atoms with Crippen LogP contribution >= 0.6 is 12.4 Å². The van der Waals surface area contributed by atoms with E-state index in [1.807, 2.05) is 0 Å². The molecule has 0 amide bonds. The average Bonchev–Trinajstić information content (AvgIpc) is 2.01. The molecule has 0 spiro atoms. The summed E-state index contributed by atoms with van der Waals surface area (Å²) >= 11 is 0. The van der Waals surface area contributed by atoms with Crippen molar-refractivity contribution in [3.63, 3.8) is 0 Å². The largest absolute Gasteiger partial charge is 0.330 e. The molecule has 1 nitrogen and oxygen atoms in total. The van der Waals surface area contributed by atoms with Crippen LogP contribution in [0.2, 0.25) is 0 Å². The lowest BCUT2D eigenvalue weighted by Crippen LogP contribution is -2.04. The van der Waals surface area contributed by atoms with Crippen LogP contribution in [0, 0.1) is 17.5 Å². The summed E-state index contributed by atoms with van der Waals surface area (Å²) in [5.74, 6) is -3.77. The van der Waals surface area contributed by atoms with Gasteiger partial charge in [-0.05, 0) is 30.7 Å². The van der Waals surface area contributed by atoms with Crippen molar-refractivity contribution in [2.45, 2.75) is 6.42 Å². The van der Waals surface area contributed by atoms with Crippen molar-refractivity contribution in [2.75, 3.05) is 6.54 Å². The van der Waals surface area contributed by atoms with Crippen LogP contribution in [0.1, 0.15) is 5.56 Å². The van der Waals surface area contributed by atoms with Crippen LogP contribution in [0.3, 0.4) is 0 Å². The van der Waals surface area contributed by atoms with E-state index in [4.69, 9.17) is 5.73 Å². The normalized spacial score (nSPS) is 9.54. The van der Waals surface area contributed by atoms with E-state index in [1.165, 1.54) is 0 Å². The molecule has 0 unspecified atom stereocenters. The number of benzene rings is 1. The topological polar surface area (TPSA) is 26.0 Å². The van der Waals surface area contributed by atoms with E-state index < -0.39 is 17.5 Å². The van der Waals surface area contributed by atoms with Crippen LogP contribution in [0.25, 0.3) is 0 Å². The Hall–Kier alpha value is -0.740. The Morgan fingerprint density at radius 2 is 1.54 bits per heavy atom. The molecule has 2 N–H and O–H groups in total. The molecule has 0 bridgehead atoms. The summed E-state index contributed by atoms with van der Waals surface area (Å²) in [7, 11) is 0. The van der Waals surface area contributed by atoms with Crippen molar-refractivity contribution < 1.29 is 13.2 Å². The van der Waals surface area contributed by atoms with Crippen LogP contribution in [0.5, 0.6) is 0 Å². The number of nitrogens with two attached hydrogens (primary N) is 1. The van der Waals surface area contributed by atoms with Gasteiger partial charge in [0, 0.05) is 0 Å². The minimum absolute atomic E-state index is 0. The van der Waals surface area contributed by atoms with Gasteiger partial charge in [0.15, 0.2) is 17.5 Å². The Morgan fingerprint density at radius 3 is 1.92 bits per heavy atom. The van der Waals surface area contributed by atoms with Gasteiger partial charge in [-0.2, -0.15) is 0 Å². The second-order valence-electron chi connectivity index (χ2n) is 2.41. The van der Waals surface area contributed by atoms with E-state index in [0.717, 1.165) is 12.1 Å². The van der Waals surface area contributed by atoms with Gasteiger partial charge in [-0.1, -0.05) is 0 Å². The predicted molar refractivity (Wildman–Crippen MR) is 46.3 cm³/mol. The maximum atomic E-state index is 12.5. The van der Waals surface area contributed by atoms with E-state index in [0.29, 0.717) is 12.0 Å². The van der Waals surface area contributed by atoms with E-state index in [-0.39, 0.29) is 19.0 Å². The molecule has 5 heteroatoms. The summed E-state index contributed by atoms with van der Waals surface area (Å²) in [5, 5.41) is 0. The van der Waals surface area contributed by atoms with Gasteiger partial charge in [0.25, 0.3) is 0 Å². The number of rotatable bonds is 2. The van der Waals surface area contributed by atoms with Gasteiger partial charge in [0.2, 0.25) is 0 Å². The smallest absolute Gasteiger partial charge is 0.194 e. The molecule has 1 aromatic carbocycles. The van der Waals surface area contributed by atoms with Gasteiger partial charge in [0.05, 0.1) is 0 Å². The van der Waals surface area contributed by atoms with Crippen molar-refractivity contribution in [3.05, 3.63) is 35.1 Å². The lowest BCUT2D eigenvalue weighted by molar-refractivity contribution is 0.445. The van der Waals surface area contributed by atoms with Gasteiger partial charge in [-0.25, -0.2) is 13.2 Å². The van der Waals surface area contributed by atoms with Gasteiger partial charge in [-0.15, -0.1) is 12.4 Å². The highest BCUT2D eigenvalue weighted by atomic mass is 35.5. The van der Waals surface area contributed by atoms with Gasteiger partial charge < -0.3 is 5.73 Å². The van der Waals surface area contributed by atoms with Crippen molar-refractivity contribution in [1.82, 2.24) is 0 Å². The third kappa shape index (κ3) is 2.90. The molecule has 0 aromatic heterocycles. The monoisotopic (exact) mass is 211 g/mol. The fraction of sp³-hybridized carbons (Fsp3) is 0.250. The molecule has 0 radical (unpaired) electrons. The van der Waals surface area contributed by atoms with Crippen molar-refractivity contribution >= 4 is 12.4 Å². The van der Waals surface area contributed by atoms with E-state index in [1.54, 1.807) is 0 Å². The third-order valence-corrected chi connectivity index (χ3v) is 1.48. The third-order valence-electron chi connectivity index (χ3n) is 1.48. The van der Waals surface area contributed by atoms with Crippen LogP contribution in [-0.4, -0.2) is 6.54 Å². The molecule has 0 aliphatic rings. The van der Waals surface area contributed by atoms with Crippen molar-refractivity contribution in [3.8, 4) is 0 Å². The first-order valence-corrected chi connectivity index (χ1v) is 3.48. The highest BCUT2D eigenvalue weighted by Gasteiger charge is 2.09. The predicted octanol–water partition coefficient (Wildman–Crippen LogP) is 2.03. The summed E-state index contributed by atoms with van der Waals surface area (Å²) < 4.78 is 37.4. The summed E-state index contributed by atoms with van der Waals surface area (Å²) in [4.78, 5) is 0. The Kier molecular flexibility index (Phi) is 4.80. The quantitative estimate of drug-likeness (QED) is 0.745. The molecule has 1 aromatic rings. The maximum Gasteiger partial charge on any atom is 0.194 e. The molecular weight excluding hydrogens is 203 g/mol. The summed E-state index contributed by atoms with van der Waals surface area (Å²) in [5.41, 5.74) is 5.53. The standard InChI is InChI=1S/C8H8F3N.ClH/c9-6-3-5(1-2-12)4-7(10)8(6)11;/h3-4H,1-2,12H2;1H. The Morgan fingerprint density at radius 1 is 1.08 bits per heavy atom. The molecule has 0 aliphatic carbocycles. The van der Waals surface area contributed by atoms with Crippen LogP contribution in [-0.2, 0) is 6.42 Å². The molecule has 13 heavy (non-hydrogen) atoms. The Balaban J connectivity index is 0.00000144. The Labute approximate surface area is 80.2 Å². The summed E-state index contributed by atoms with van der Waals surface area (Å²) in [6.45, 7) is 0.282. The molecule has 0 fully saturated rings. The second kappa shape index (κ2) is 5.09. The first kappa shape index (κ1) is 12.3. The van der Waals surface area contributed by atoms with Gasteiger partial charge >= 0.3 is 0 Å². The molecule has 0 saturated heterocycles. The average molecular weight is 212 g/mol. The SMILES string of the molecule is Cl.NCCc1cc(F)c(F)c(F)c1. The summed E-state index contributed by atoms with van der Waals surface area (Å²) in [6.07, 6.45) is 0.341. The van der Waals surface area contributed by atoms with Gasteiger partial charge in [0.1, 0.15) is 0 Å². The Bertz CT molecular complexity index is 268. The molecule has 0 heterocycles. The molecule has 0 aliphatic heterocycles. The molecular formula is C8H9ClF3N. The summed E-state index contributed by atoms with van der Waals surface area (Å²) in [6, 6.07) is 1.90. The second-order valence-corrected chi connectivity index (χ2v) is 2.41. The molecule has 0 atom stereocenters. The zero-order chi connectivity index (χ0) is 9.14. The zero-order valence-corrected chi connectivity index (χ0v) is 7.50. The molecule has 74 valence electrons. The van der Waals surface area contributed by atoms with Crippen molar-refractivity contribution in [2.24, 2.45) is 5.73 Å². The fourth-order valence-electron chi connectivity index (χ4n) is 0.919. The minimum Gasteiger partial charge on any atom is -0.330 e. The zero-order valence-electron chi connectivity index (χ0n) is 6.69. The van der Waals surface area contributed by atoms with Crippen LogP contribution in [0.4, 0.5) is 13.2 Å².